The quantitative estimate of drug-likeness (QED) is 0.424. The van der Waals surface area contributed by atoms with Gasteiger partial charge in [0.05, 0.1) is 0 Å². The van der Waals surface area contributed by atoms with Crippen LogP contribution in [0.15, 0.2) is 11.6 Å². The molecule has 3 saturated carbocycles. The minimum absolute atomic E-state index is 0.00217. The van der Waals surface area contributed by atoms with Crippen LogP contribution in [0.5, 0.6) is 0 Å². The third-order valence-corrected chi connectivity index (χ3v) is 9.93. The highest BCUT2D eigenvalue weighted by atomic mass is 19.1. The first-order chi connectivity index (χ1) is 16.4. The van der Waals surface area contributed by atoms with Gasteiger partial charge in [-0.05, 0) is 80.8 Å². The first-order valence-corrected chi connectivity index (χ1v) is 13.0. The summed E-state index contributed by atoms with van der Waals surface area (Å²) in [6, 6.07) is 0. The first kappa shape index (κ1) is 24.9. The highest BCUT2D eigenvalue weighted by Gasteiger charge is 2.77. The van der Waals surface area contributed by atoms with Gasteiger partial charge in [-0.2, -0.15) is 0 Å². The van der Waals surface area contributed by atoms with Gasteiger partial charge in [0.25, 0.3) is 0 Å². The molecule has 0 radical (unpaired) electrons. The Hall–Kier alpha value is -1.80. The van der Waals surface area contributed by atoms with E-state index in [2.05, 4.69) is 13.8 Å². The zero-order chi connectivity index (χ0) is 25.4. The van der Waals surface area contributed by atoms with Crippen molar-refractivity contribution >= 4 is 17.7 Å². The van der Waals surface area contributed by atoms with Crippen molar-refractivity contribution in [1.82, 2.24) is 0 Å². The molecule has 0 unspecified atom stereocenters. The van der Waals surface area contributed by atoms with E-state index in [-0.39, 0.29) is 35.4 Å². The average molecular weight is 493 g/mol. The third kappa shape index (κ3) is 3.45. The van der Waals surface area contributed by atoms with Crippen LogP contribution in [0.1, 0.15) is 79.6 Å². The monoisotopic (exact) mass is 492 g/mol. The highest BCUT2D eigenvalue weighted by molar-refractivity contribution is 5.92. The number of fused-ring (bicyclic) bond motifs is 7. The molecule has 0 spiro atoms. The van der Waals surface area contributed by atoms with Crippen LogP contribution < -0.4 is 0 Å². The van der Waals surface area contributed by atoms with Gasteiger partial charge < -0.3 is 18.9 Å². The van der Waals surface area contributed by atoms with Crippen LogP contribution in [0, 0.1) is 28.6 Å². The molecule has 0 bridgehead atoms. The second kappa shape index (κ2) is 8.10. The molecule has 35 heavy (non-hydrogen) atoms. The standard InChI is InChI=1S/C27H37FO7/c1-6-22(30)32-14-33-23(31)27-21(34-24(2,3)35-27)13-18-16-12-20(28)19-11-15(29)7-9-25(19,4)17(16)8-10-26(18,27)5/h11,16-18,20-21H,6-10,12-14H2,1-5H3/t16-,17+,18-,20+,21-,25-,26+,27+/m1/s1. The second-order valence-electron chi connectivity index (χ2n) is 12.0. The number of allylic oxidation sites excluding steroid dienone is 1. The van der Waals surface area contributed by atoms with Crippen molar-refractivity contribution in [3.8, 4) is 0 Å². The number of esters is 2. The normalized spacial score (nSPS) is 45.5. The summed E-state index contributed by atoms with van der Waals surface area (Å²) in [5.41, 5.74) is -1.66. The van der Waals surface area contributed by atoms with Gasteiger partial charge in [-0.1, -0.05) is 20.8 Å². The van der Waals surface area contributed by atoms with Gasteiger partial charge in [0.2, 0.25) is 6.79 Å². The van der Waals surface area contributed by atoms with E-state index in [0.717, 1.165) is 6.42 Å². The molecule has 0 aromatic carbocycles. The van der Waals surface area contributed by atoms with Gasteiger partial charge in [-0.3, -0.25) is 9.59 Å². The van der Waals surface area contributed by atoms with E-state index in [1.165, 1.54) is 0 Å². The fourth-order valence-electron chi connectivity index (χ4n) is 8.37. The fraction of sp³-hybridized carbons (Fsp3) is 0.815. The second-order valence-corrected chi connectivity index (χ2v) is 12.0. The van der Waals surface area contributed by atoms with Crippen LogP contribution in [0.2, 0.25) is 0 Å². The van der Waals surface area contributed by atoms with E-state index in [1.54, 1.807) is 26.8 Å². The summed E-state index contributed by atoms with van der Waals surface area (Å²) in [4.78, 5) is 37.3. The predicted octanol–water partition coefficient (Wildman–Crippen LogP) is 4.42. The topological polar surface area (TPSA) is 88.1 Å². The summed E-state index contributed by atoms with van der Waals surface area (Å²) in [6.45, 7) is 8.96. The third-order valence-electron chi connectivity index (χ3n) is 9.93. The SMILES string of the molecule is CCC(=O)OCOC(=O)[C@@]12OC(C)(C)O[C@@H]1C[C@@H]1[C@@H]3C[C@H](F)C4=CC(=O)CC[C@]4(C)[C@H]3CC[C@@]12C. The lowest BCUT2D eigenvalue weighted by Gasteiger charge is -2.59. The van der Waals surface area contributed by atoms with Crippen LogP contribution in [0.3, 0.4) is 0 Å². The largest absolute Gasteiger partial charge is 0.428 e. The molecule has 0 amide bonds. The number of carbonyl (C=O) groups excluding carboxylic acids is 3. The smallest absolute Gasteiger partial charge is 0.344 e. The molecule has 0 aromatic heterocycles. The van der Waals surface area contributed by atoms with Crippen molar-refractivity contribution in [2.24, 2.45) is 28.6 Å². The van der Waals surface area contributed by atoms with Crippen LogP contribution in [0.4, 0.5) is 4.39 Å². The molecular weight excluding hydrogens is 455 g/mol. The van der Waals surface area contributed by atoms with Crippen LogP contribution in [-0.2, 0) is 33.3 Å². The maximum Gasteiger partial charge on any atom is 0.344 e. The Labute approximate surface area is 206 Å². The molecule has 1 aliphatic heterocycles. The molecule has 5 aliphatic rings. The van der Waals surface area contributed by atoms with E-state index in [4.69, 9.17) is 18.9 Å². The van der Waals surface area contributed by atoms with Crippen molar-refractivity contribution in [2.75, 3.05) is 6.79 Å². The lowest BCUT2D eigenvalue weighted by atomic mass is 9.46. The number of rotatable bonds is 4. The number of carbonyl (C=O) groups is 3. The first-order valence-electron chi connectivity index (χ1n) is 13.0. The van der Waals surface area contributed by atoms with Crippen molar-refractivity contribution in [2.45, 2.75) is 103 Å². The molecular formula is C27H37FO7. The highest BCUT2D eigenvalue weighted by Crippen LogP contribution is 2.71. The van der Waals surface area contributed by atoms with E-state index < -0.39 is 47.8 Å². The maximum atomic E-state index is 15.6. The van der Waals surface area contributed by atoms with Gasteiger partial charge in [0.15, 0.2) is 17.2 Å². The van der Waals surface area contributed by atoms with Crippen molar-refractivity contribution < 1.29 is 37.7 Å². The molecule has 4 fully saturated rings. The van der Waals surface area contributed by atoms with Crippen LogP contribution in [0.25, 0.3) is 0 Å². The molecule has 7 nitrogen and oxygen atoms in total. The minimum atomic E-state index is -1.35. The molecule has 1 saturated heterocycles. The zero-order valence-corrected chi connectivity index (χ0v) is 21.4. The molecule has 4 aliphatic carbocycles. The summed E-state index contributed by atoms with van der Waals surface area (Å²) in [7, 11) is 0. The van der Waals surface area contributed by atoms with Crippen molar-refractivity contribution in [3.05, 3.63) is 11.6 Å². The number of ketones is 1. The summed E-state index contributed by atoms with van der Waals surface area (Å²) < 4.78 is 38.8. The summed E-state index contributed by atoms with van der Waals surface area (Å²) in [5.74, 6) is -1.71. The molecule has 0 aromatic rings. The molecule has 8 atom stereocenters. The van der Waals surface area contributed by atoms with Gasteiger partial charge >= 0.3 is 11.9 Å². The zero-order valence-electron chi connectivity index (χ0n) is 21.4. The summed E-state index contributed by atoms with van der Waals surface area (Å²) >= 11 is 0. The Balaban J connectivity index is 1.48. The molecule has 1 heterocycles. The number of hydrogen-bond donors (Lipinski definition) is 0. The van der Waals surface area contributed by atoms with Crippen molar-refractivity contribution in [3.63, 3.8) is 0 Å². The van der Waals surface area contributed by atoms with E-state index in [9.17, 15) is 14.4 Å². The molecule has 5 rings (SSSR count). The number of alkyl halides is 1. The predicted molar refractivity (Wildman–Crippen MR) is 122 cm³/mol. The van der Waals surface area contributed by atoms with E-state index in [1.807, 2.05) is 0 Å². The molecule has 0 N–H and O–H groups in total. The minimum Gasteiger partial charge on any atom is -0.428 e. The van der Waals surface area contributed by atoms with Gasteiger partial charge in [0.1, 0.15) is 12.3 Å². The van der Waals surface area contributed by atoms with Gasteiger partial charge in [0, 0.05) is 18.3 Å². The Morgan fingerprint density at radius 3 is 2.57 bits per heavy atom. The van der Waals surface area contributed by atoms with Gasteiger partial charge in [-0.15, -0.1) is 0 Å². The Bertz CT molecular complexity index is 975. The van der Waals surface area contributed by atoms with Crippen molar-refractivity contribution in [1.29, 1.82) is 0 Å². The Kier molecular flexibility index (Phi) is 5.76. The Morgan fingerprint density at radius 1 is 1.11 bits per heavy atom. The number of ether oxygens (including phenoxy) is 4. The average Bonchev–Trinajstić information content (AvgIpc) is 3.21. The van der Waals surface area contributed by atoms with Crippen LogP contribution in [-0.4, -0.2) is 48.2 Å². The lowest BCUT2D eigenvalue weighted by Crippen LogP contribution is -2.61. The fourth-order valence-corrected chi connectivity index (χ4v) is 8.37. The maximum absolute atomic E-state index is 15.6. The number of halogens is 1. The van der Waals surface area contributed by atoms with Gasteiger partial charge in [-0.25, -0.2) is 9.18 Å². The lowest BCUT2D eigenvalue weighted by molar-refractivity contribution is -0.232. The molecule has 8 heteroatoms. The molecule has 194 valence electrons. The summed E-state index contributed by atoms with van der Waals surface area (Å²) in [5, 5.41) is 0. The summed E-state index contributed by atoms with van der Waals surface area (Å²) in [6.07, 6.45) is 3.60. The van der Waals surface area contributed by atoms with E-state index in [0.29, 0.717) is 37.7 Å². The Morgan fingerprint density at radius 2 is 1.86 bits per heavy atom. The van der Waals surface area contributed by atoms with E-state index >= 15 is 4.39 Å². The number of hydrogen-bond acceptors (Lipinski definition) is 7. The van der Waals surface area contributed by atoms with Crippen LogP contribution >= 0.6 is 0 Å².